The maximum atomic E-state index is 12.3. The summed E-state index contributed by atoms with van der Waals surface area (Å²) in [5.74, 6) is -0.268. The number of hydrogen-bond acceptors (Lipinski definition) is 7. The zero-order chi connectivity index (χ0) is 20.1. The quantitative estimate of drug-likeness (QED) is 0.637. The first-order chi connectivity index (χ1) is 13.3. The van der Waals surface area contributed by atoms with Crippen LogP contribution in [-0.4, -0.2) is 72.9 Å². The molecule has 1 aromatic carbocycles. The molecule has 1 fully saturated rings. The van der Waals surface area contributed by atoms with Crippen molar-refractivity contribution < 1.29 is 27.9 Å². The van der Waals surface area contributed by atoms with E-state index < -0.39 is 27.9 Å². The number of carbonyl (C=O) groups excluding carboxylic acids is 2. The molecule has 9 nitrogen and oxygen atoms in total. The van der Waals surface area contributed by atoms with Crippen molar-refractivity contribution in [3.63, 3.8) is 0 Å². The van der Waals surface area contributed by atoms with Crippen molar-refractivity contribution in [2.24, 2.45) is 5.10 Å². The van der Waals surface area contributed by atoms with Gasteiger partial charge < -0.3 is 15.2 Å². The fourth-order valence-electron chi connectivity index (χ4n) is 3.07. The fraction of sp³-hybridized carbons (Fsp3) is 0.500. The largest absolute Gasteiger partial charge is 0.491 e. The van der Waals surface area contributed by atoms with Gasteiger partial charge in [-0.25, -0.2) is 13.4 Å². The Bertz CT molecular complexity index is 855. The Hall–Kier alpha value is -2.46. The van der Waals surface area contributed by atoms with E-state index in [9.17, 15) is 23.1 Å². The van der Waals surface area contributed by atoms with Crippen LogP contribution in [0.25, 0.3) is 0 Å². The maximum absolute atomic E-state index is 12.3. The summed E-state index contributed by atoms with van der Waals surface area (Å²) in [6.45, 7) is -0.0161. The Kier molecular flexibility index (Phi) is 6.30. The molecule has 2 aliphatic heterocycles. The highest BCUT2D eigenvalue weighted by Crippen LogP contribution is 2.22. The highest BCUT2D eigenvalue weighted by molar-refractivity contribution is 7.91. The van der Waals surface area contributed by atoms with Gasteiger partial charge in [0.2, 0.25) is 5.91 Å². The molecule has 2 unspecified atom stereocenters. The molecule has 0 aliphatic carbocycles. The lowest BCUT2D eigenvalue weighted by Crippen LogP contribution is -2.45. The van der Waals surface area contributed by atoms with E-state index in [1.54, 1.807) is 12.1 Å². The molecule has 2 amide bonds. The normalized spacial score (nSPS) is 22.5. The van der Waals surface area contributed by atoms with E-state index in [-0.39, 0.29) is 49.1 Å². The molecular weight excluding hydrogens is 386 g/mol. The van der Waals surface area contributed by atoms with Gasteiger partial charge in [-0.1, -0.05) is 18.2 Å². The summed E-state index contributed by atoms with van der Waals surface area (Å²) in [6, 6.07) is 8.48. The molecule has 2 atom stereocenters. The van der Waals surface area contributed by atoms with Crippen LogP contribution in [0.1, 0.15) is 19.3 Å². The van der Waals surface area contributed by atoms with Crippen molar-refractivity contribution in [3.05, 3.63) is 30.3 Å². The van der Waals surface area contributed by atoms with E-state index in [1.165, 1.54) is 0 Å². The van der Waals surface area contributed by atoms with Crippen LogP contribution in [0.5, 0.6) is 5.75 Å². The molecule has 10 heteroatoms. The molecule has 2 N–H and O–H groups in total. The molecule has 3 rings (SSSR count). The van der Waals surface area contributed by atoms with Gasteiger partial charge in [-0.05, 0) is 18.6 Å². The maximum Gasteiger partial charge on any atom is 0.267 e. The molecule has 0 spiro atoms. The number of benzene rings is 1. The zero-order valence-electron chi connectivity index (χ0n) is 15.3. The number of para-hydroxylation sites is 1. The predicted molar refractivity (Wildman–Crippen MR) is 102 cm³/mol. The van der Waals surface area contributed by atoms with Crippen LogP contribution in [0.15, 0.2) is 35.4 Å². The number of nitrogens with one attached hydrogen (secondary N) is 1. The van der Waals surface area contributed by atoms with E-state index in [1.807, 2.05) is 18.2 Å². The van der Waals surface area contributed by atoms with E-state index in [0.29, 0.717) is 12.2 Å². The van der Waals surface area contributed by atoms with Gasteiger partial charge in [0, 0.05) is 19.4 Å². The Morgan fingerprint density at radius 2 is 2.07 bits per heavy atom. The molecule has 2 heterocycles. The standard InChI is InChI=1S/C18H23N3O6S/c22-14(11-27-15-4-2-1-3-5-15)10-19-18(24)16-6-7-17(23)21(20-16)13-8-9-28(25,26)12-13/h1-5,13-14,22H,6-12H2,(H,19,24). The fourth-order valence-corrected chi connectivity index (χ4v) is 4.76. The van der Waals surface area contributed by atoms with Crippen LogP contribution in [0.2, 0.25) is 0 Å². The third kappa shape index (κ3) is 5.29. The minimum atomic E-state index is -3.17. The number of sulfone groups is 1. The monoisotopic (exact) mass is 409 g/mol. The van der Waals surface area contributed by atoms with Crippen molar-refractivity contribution in [2.45, 2.75) is 31.4 Å². The first kappa shape index (κ1) is 20.3. The second-order valence-corrected chi connectivity index (χ2v) is 9.06. The van der Waals surface area contributed by atoms with E-state index >= 15 is 0 Å². The topological polar surface area (TPSA) is 125 Å². The zero-order valence-corrected chi connectivity index (χ0v) is 16.1. The summed E-state index contributed by atoms with van der Waals surface area (Å²) in [4.78, 5) is 24.4. The Morgan fingerprint density at radius 1 is 1.32 bits per heavy atom. The number of ether oxygens (including phenoxy) is 1. The Labute approximate surface area is 163 Å². The van der Waals surface area contributed by atoms with Gasteiger partial charge >= 0.3 is 0 Å². The van der Waals surface area contributed by atoms with Gasteiger partial charge in [0.25, 0.3) is 5.91 Å². The van der Waals surface area contributed by atoms with Crippen LogP contribution in [-0.2, 0) is 19.4 Å². The minimum Gasteiger partial charge on any atom is -0.491 e. The summed E-state index contributed by atoms with van der Waals surface area (Å²) >= 11 is 0. The summed E-state index contributed by atoms with van der Waals surface area (Å²) in [5.41, 5.74) is 0.153. The molecule has 152 valence electrons. The van der Waals surface area contributed by atoms with Crippen LogP contribution >= 0.6 is 0 Å². The van der Waals surface area contributed by atoms with E-state index in [2.05, 4.69) is 10.4 Å². The summed E-state index contributed by atoms with van der Waals surface area (Å²) in [6.07, 6.45) is -0.312. The Morgan fingerprint density at radius 3 is 2.75 bits per heavy atom. The van der Waals surface area contributed by atoms with E-state index in [0.717, 1.165) is 5.01 Å². The molecule has 0 saturated carbocycles. The van der Waals surface area contributed by atoms with Gasteiger partial charge in [0.05, 0.1) is 17.5 Å². The molecule has 1 aromatic rings. The minimum absolute atomic E-state index is 0.0152. The number of aliphatic hydroxyl groups is 1. The number of nitrogens with zero attached hydrogens (tertiary/aromatic N) is 2. The summed E-state index contributed by atoms with van der Waals surface area (Å²) < 4.78 is 28.7. The SMILES string of the molecule is O=C(NCC(O)COc1ccccc1)C1=NN(C2CCS(=O)(=O)C2)C(=O)CC1. The number of rotatable bonds is 7. The molecule has 2 aliphatic rings. The highest BCUT2D eigenvalue weighted by atomic mass is 32.2. The Balaban J connectivity index is 1.51. The number of hydrogen-bond donors (Lipinski definition) is 2. The number of aliphatic hydroxyl groups excluding tert-OH is 1. The molecular formula is C18H23N3O6S. The van der Waals surface area contributed by atoms with Crippen molar-refractivity contribution in [1.29, 1.82) is 0 Å². The highest BCUT2D eigenvalue weighted by Gasteiger charge is 2.37. The molecule has 28 heavy (non-hydrogen) atoms. The van der Waals surface area contributed by atoms with Crippen LogP contribution in [0, 0.1) is 0 Å². The average molecular weight is 409 g/mol. The molecule has 1 saturated heterocycles. The van der Waals surface area contributed by atoms with Crippen molar-refractivity contribution in [3.8, 4) is 5.75 Å². The lowest BCUT2D eigenvalue weighted by molar-refractivity contribution is -0.133. The first-order valence-corrected chi connectivity index (χ1v) is 10.9. The van der Waals surface area contributed by atoms with Gasteiger partial charge in [-0.15, -0.1) is 0 Å². The van der Waals surface area contributed by atoms with Gasteiger partial charge in [-0.2, -0.15) is 5.10 Å². The third-order valence-electron chi connectivity index (χ3n) is 4.56. The van der Waals surface area contributed by atoms with Crippen LogP contribution in [0.4, 0.5) is 0 Å². The number of hydrazone groups is 1. The third-order valence-corrected chi connectivity index (χ3v) is 6.31. The van der Waals surface area contributed by atoms with Crippen molar-refractivity contribution in [1.82, 2.24) is 10.3 Å². The van der Waals surface area contributed by atoms with Crippen LogP contribution < -0.4 is 10.1 Å². The smallest absolute Gasteiger partial charge is 0.267 e. The second-order valence-electron chi connectivity index (χ2n) is 6.83. The number of carbonyl (C=O) groups is 2. The first-order valence-electron chi connectivity index (χ1n) is 9.08. The average Bonchev–Trinajstić information content (AvgIpc) is 3.05. The molecule has 0 bridgehead atoms. The van der Waals surface area contributed by atoms with Crippen molar-refractivity contribution in [2.75, 3.05) is 24.7 Å². The molecule has 0 aromatic heterocycles. The van der Waals surface area contributed by atoms with Gasteiger partial charge in [-0.3, -0.25) is 9.59 Å². The second kappa shape index (κ2) is 8.70. The van der Waals surface area contributed by atoms with Gasteiger partial charge in [0.1, 0.15) is 24.2 Å². The summed E-state index contributed by atoms with van der Waals surface area (Å²) in [5, 5.41) is 17.8. The van der Waals surface area contributed by atoms with E-state index in [4.69, 9.17) is 4.74 Å². The summed E-state index contributed by atoms with van der Waals surface area (Å²) in [7, 11) is -3.17. The molecule has 0 radical (unpaired) electrons. The number of amides is 2. The lowest BCUT2D eigenvalue weighted by atomic mass is 10.1. The van der Waals surface area contributed by atoms with Crippen LogP contribution in [0.3, 0.4) is 0 Å². The predicted octanol–water partition coefficient (Wildman–Crippen LogP) is -0.292. The van der Waals surface area contributed by atoms with Gasteiger partial charge in [0.15, 0.2) is 9.84 Å². The van der Waals surface area contributed by atoms with Crippen molar-refractivity contribution >= 4 is 27.4 Å². The lowest BCUT2D eigenvalue weighted by Gasteiger charge is -2.27.